The number of carboxylic acids is 1. The molecule has 0 unspecified atom stereocenters. The van der Waals surface area contributed by atoms with Crippen molar-refractivity contribution in [2.24, 2.45) is 0 Å². The number of halogens is 2. The van der Waals surface area contributed by atoms with E-state index in [1.807, 2.05) is 32.0 Å². The highest BCUT2D eigenvalue weighted by atomic mass is 35.5. The first-order valence-electron chi connectivity index (χ1n) is 9.17. The lowest BCUT2D eigenvalue weighted by molar-refractivity contribution is 0.0692. The van der Waals surface area contributed by atoms with Gasteiger partial charge in [-0.15, -0.1) is 0 Å². The molecule has 0 fully saturated rings. The standard InChI is InChI=1S/C23H17Cl2N3O2/c1-13-9-10-17(25)12-19(13)28-21(15-6-4-7-16(24)11-15)20(23(29)30)27-22(28)18-8-3-5-14(2)26-18/h3-12H,1-2H3,(H,29,30). The molecule has 1 N–H and O–H groups in total. The molecule has 150 valence electrons. The van der Waals surface area contributed by atoms with Crippen molar-refractivity contribution in [3.8, 4) is 28.5 Å². The predicted molar refractivity (Wildman–Crippen MR) is 119 cm³/mol. The number of rotatable bonds is 4. The molecule has 5 nitrogen and oxygen atoms in total. The maximum atomic E-state index is 12.2. The molecule has 0 aliphatic heterocycles. The van der Waals surface area contributed by atoms with E-state index in [9.17, 15) is 9.90 Å². The number of nitrogens with zero attached hydrogens (tertiary/aromatic N) is 3. The van der Waals surface area contributed by atoms with Gasteiger partial charge in [-0.2, -0.15) is 0 Å². The fourth-order valence-electron chi connectivity index (χ4n) is 3.37. The summed E-state index contributed by atoms with van der Waals surface area (Å²) in [7, 11) is 0. The van der Waals surface area contributed by atoms with Gasteiger partial charge in [0, 0.05) is 21.3 Å². The highest BCUT2D eigenvalue weighted by Crippen LogP contribution is 2.35. The largest absolute Gasteiger partial charge is 0.476 e. The number of carbonyl (C=O) groups is 1. The van der Waals surface area contributed by atoms with Crippen LogP contribution in [0, 0.1) is 13.8 Å². The van der Waals surface area contributed by atoms with E-state index in [4.69, 9.17) is 23.2 Å². The Balaban J connectivity index is 2.15. The van der Waals surface area contributed by atoms with Gasteiger partial charge in [0.15, 0.2) is 11.5 Å². The Morgan fingerprint density at radius 1 is 0.933 bits per heavy atom. The third-order valence-electron chi connectivity index (χ3n) is 4.71. The van der Waals surface area contributed by atoms with Crippen LogP contribution in [0.25, 0.3) is 28.5 Å². The Hall–Kier alpha value is -3.15. The highest BCUT2D eigenvalue weighted by molar-refractivity contribution is 6.31. The summed E-state index contributed by atoms with van der Waals surface area (Å²) < 4.78 is 1.79. The molecule has 30 heavy (non-hydrogen) atoms. The van der Waals surface area contributed by atoms with Crippen LogP contribution in [0.3, 0.4) is 0 Å². The molecule has 4 rings (SSSR count). The van der Waals surface area contributed by atoms with Gasteiger partial charge in [0.25, 0.3) is 0 Å². The second kappa shape index (κ2) is 7.94. The molecule has 0 aliphatic rings. The van der Waals surface area contributed by atoms with Gasteiger partial charge in [-0.25, -0.2) is 14.8 Å². The summed E-state index contributed by atoms with van der Waals surface area (Å²) in [4.78, 5) is 21.2. The summed E-state index contributed by atoms with van der Waals surface area (Å²) in [5.74, 6) is -0.728. The summed E-state index contributed by atoms with van der Waals surface area (Å²) in [6.45, 7) is 3.80. The van der Waals surface area contributed by atoms with Crippen LogP contribution in [0.5, 0.6) is 0 Å². The SMILES string of the molecule is Cc1cccc(-c2nc(C(=O)O)c(-c3cccc(Cl)c3)n2-c2cc(Cl)ccc2C)n1. The average Bonchev–Trinajstić information content (AvgIpc) is 3.10. The molecule has 0 bridgehead atoms. The Morgan fingerprint density at radius 2 is 1.67 bits per heavy atom. The van der Waals surface area contributed by atoms with Crippen molar-refractivity contribution < 1.29 is 9.90 Å². The minimum Gasteiger partial charge on any atom is -0.476 e. The maximum Gasteiger partial charge on any atom is 0.356 e. The van der Waals surface area contributed by atoms with Crippen LogP contribution < -0.4 is 0 Å². The van der Waals surface area contributed by atoms with Crippen molar-refractivity contribution in [2.75, 3.05) is 0 Å². The molecule has 0 amide bonds. The van der Waals surface area contributed by atoms with Crippen LogP contribution in [-0.4, -0.2) is 25.6 Å². The Morgan fingerprint density at radius 3 is 2.37 bits per heavy atom. The second-order valence-electron chi connectivity index (χ2n) is 6.88. The first kappa shape index (κ1) is 20.1. The van der Waals surface area contributed by atoms with Gasteiger partial charge >= 0.3 is 5.97 Å². The Labute approximate surface area is 183 Å². The summed E-state index contributed by atoms with van der Waals surface area (Å²) in [6, 6.07) is 18.0. The summed E-state index contributed by atoms with van der Waals surface area (Å²) in [6.07, 6.45) is 0. The molecule has 0 saturated carbocycles. The smallest absolute Gasteiger partial charge is 0.356 e. The molecule has 4 aromatic rings. The van der Waals surface area contributed by atoms with E-state index in [-0.39, 0.29) is 5.69 Å². The van der Waals surface area contributed by atoms with Crippen LogP contribution in [0.1, 0.15) is 21.7 Å². The molecule has 0 aliphatic carbocycles. The van der Waals surface area contributed by atoms with Gasteiger partial charge in [-0.1, -0.05) is 47.5 Å². The first-order valence-corrected chi connectivity index (χ1v) is 9.93. The lowest BCUT2D eigenvalue weighted by atomic mass is 10.1. The number of pyridine rings is 1. The van der Waals surface area contributed by atoms with Crippen molar-refractivity contribution in [2.45, 2.75) is 13.8 Å². The van der Waals surface area contributed by atoms with Crippen molar-refractivity contribution in [1.29, 1.82) is 0 Å². The van der Waals surface area contributed by atoms with Crippen molar-refractivity contribution in [3.63, 3.8) is 0 Å². The molecule has 2 heterocycles. The first-order chi connectivity index (χ1) is 14.3. The van der Waals surface area contributed by atoms with Crippen LogP contribution in [0.2, 0.25) is 10.0 Å². The minimum atomic E-state index is -1.14. The lowest BCUT2D eigenvalue weighted by Gasteiger charge is -2.16. The monoisotopic (exact) mass is 437 g/mol. The molecule has 0 radical (unpaired) electrons. The second-order valence-corrected chi connectivity index (χ2v) is 7.75. The summed E-state index contributed by atoms with van der Waals surface area (Å²) in [5.41, 5.74) is 3.94. The predicted octanol–water partition coefficient (Wildman–Crippen LogP) is 6.22. The molecule has 0 spiro atoms. The lowest BCUT2D eigenvalue weighted by Crippen LogP contribution is -2.05. The van der Waals surface area contributed by atoms with E-state index in [2.05, 4.69) is 9.97 Å². The maximum absolute atomic E-state index is 12.2. The van der Waals surface area contributed by atoms with Gasteiger partial charge in [-0.05, 0) is 55.8 Å². The van der Waals surface area contributed by atoms with Gasteiger partial charge in [0.05, 0.1) is 11.4 Å². The molecule has 0 saturated heterocycles. The Bertz CT molecular complexity index is 1280. The zero-order valence-electron chi connectivity index (χ0n) is 16.2. The normalized spacial score (nSPS) is 10.9. The quantitative estimate of drug-likeness (QED) is 0.411. The number of aryl methyl sites for hydroxylation is 2. The number of carboxylic acid groups (broad SMARTS) is 1. The molecular formula is C23H17Cl2N3O2. The molecule has 0 atom stereocenters. The van der Waals surface area contributed by atoms with E-state index in [1.54, 1.807) is 47.0 Å². The zero-order chi connectivity index (χ0) is 21.4. The van der Waals surface area contributed by atoms with Gasteiger partial charge in [-0.3, -0.25) is 4.57 Å². The third-order valence-corrected chi connectivity index (χ3v) is 5.18. The average molecular weight is 438 g/mol. The number of hydrogen-bond acceptors (Lipinski definition) is 3. The van der Waals surface area contributed by atoms with E-state index < -0.39 is 5.97 Å². The summed E-state index contributed by atoms with van der Waals surface area (Å²) in [5, 5.41) is 11.0. The zero-order valence-corrected chi connectivity index (χ0v) is 17.7. The van der Waals surface area contributed by atoms with Crippen LogP contribution >= 0.6 is 23.2 Å². The van der Waals surface area contributed by atoms with Crippen LogP contribution in [0.4, 0.5) is 0 Å². The van der Waals surface area contributed by atoms with Crippen molar-refractivity contribution >= 4 is 29.2 Å². The number of benzene rings is 2. The van der Waals surface area contributed by atoms with E-state index in [1.165, 1.54) is 0 Å². The number of imidazole rings is 1. The van der Waals surface area contributed by atoms with E-state index in [0.717, 1.165) is 16.9 Å². The van der Waals surface area contributed by atoms with E-state index in [0.29, 0.717) is 32.8 Å². The molecule has 7 heteroatoms. The Kier molecular flexibility index (Phi) is 5.33. The molecular weight excluding hydrogens is 421 g/mol. The molecule has 2 aromatic carbocycles. The van der Waals surface area contributed by atoms with Gasteiger partial charge in [0.2, 0.25) is 0 Å². The number of aromatic carboxylic acids is 1. The summed E-state index contributed by atoms with van der Waals surface area (Å²) >= 11 is 12.5. The highest BCUT2D eigenvalue weighted by Gasteiger charge is 2.26. The third kappa shape index (κ3) is 3.70. The topological polar surface area (TPSA) is 68.0 Å². The fourth-order valence-corrected chi connectivity index (χ4v) is 3.73. The molecule has 2 aromatic heterocycles. The van der Waals surface area contributed by atoms with Crippen molar-refractivity contribution in [3.05, 3.63) is 87.7 Å². The number of hydrogen-bond donors (Lipinski definition) is 1. The minimum absolute atomic E-state index is 0.0880. The van der Waals surface area contributed by atoms with E-state index >= 15 is 0 Å². The van der Waals surface area contributed by atoms with Crippen molar-refractivity contribution in [1.82, 2.24) is 14.5 Å². The fraction of sp³-hybridized carbons (Fsp3) is 0.0870. The van der Waals surface area contributed by atoms with Crippen LogP contribution in [-0.2, 0) is 0 Å². The number of aromatic nitrogens is 3. The van der Waals surface area contributed by atoms with Gasteiger partial charge < -0.3 is 5.11 Å². The van der Waals surface area contributed by atoms with Gasteiger partial charge in [0.1, 0.15) is 5.69 Å². The van der Waals surface area contributed by atoms with Crippen LogP contribution in [0.15, 0.2) is 60.7 Å².